The third kappa shape index (κ3) is 4.46. The van der Waals surface area contributed by atoms with Gasteiger partial charge in [-0.25, -0.2) is 4.79 Å². The Morgan fingerprint density at radius 3 is 2.21 bits per heavy atom. The van der Waals surface area contributed by atoms with Crippen molar-refractivity contribution in [3.05, 3.63) is 0 Å². The van der Waals surface area contributed by atoms with Gasteiger partial charge in [0.15, 0.2) is 17.2 Å². The van der Waals surface area contributed by atoms with Crippen molar-refractivity contribution in [2.24, 2.45) is 0 Å². The number of carbonyl (C=O) groups is 3. The lowest BCUT2D eigenvalue weighted by Gasteiger charge is -2.37. The molecule has 0 spiro atoms. The molecule has 1 heterocycles. The summed E-state index contributed by atoms with van der Waals surface area (Å²) in [5.41, 5.74) is 0. The Morgan fingerprint density at radius 2 is 1.74 bits per heavy atom. The molecule has 0 aromatic carbocycles. The second-order valence-electron chi connectivity index (χ2n) is 3.96. The van der Waals surface area contributed by atoms with Crippen molar-refractivity contribution in [1.82, 2.24) is 0 Å². The van der Waals surface area contributed by atoms with Crippen LogP contribution in [0, 0.1) is 0 Å². The van der Waals surface area contributed by atoms with Gasteiger partial charge in [-0.05, 0) is 0 Å². The van der Waals surface area contributed by atoms with Gasteiger partial charge in [0.05, 0.1) is 7.11 Å². The molecular weight excluding hydrogens is 324 g/mol. The van der Waals surface area contributed by atoms with E-state index in [2.05, 4.69) is 20.7 Å². The van der Waals surface area contributed by atoms with E-state index in [0.717, 1.165) is 0 Å². The standard InChI is InChI=1S/C11H15BrO7/c1-5(13)17-7-4-8(11(15)16-3)19-10(12)9(7)18-6(2)14/h7-10H,4H2,1-3H3/t7?,8-,9+,10?/m0/s1. The quantitative estimate of drug-likeness (QED) is 0.421. The number of hydrogen-bond acceptors (Lipinski definition) is 7. The maximum absolute atomic E-state index is 11.5. The molecule has 1 saturated heterocycles. The molecule has 0 saturated carbocycles. The third-order valence-corrected chi connectivity index (χ3v) is 3.19. The zero-order valence-corrected chi connectivity index (χ0v) is 12.3. The minimum Gasteiger partial charge on any atom is -0.467 e. The smallest absolute Gasteiger partial charge is 0.335 e. The molecule has 1 rings (SSSR count). The van der Waals surface area contributed by atoms with Crippen molar-refractivity contribution in [1.29, 1.82) is 0 Å². The van der Waals surface area contributed by atoms with Gasteiger partial charge in [0.2, 0.25) is 0 Å². The maximum Gasteiger partial charge on any atom is 0.335 e. The Labute approximate surface area is 118 Å². The van der Waals surface area contributed by atoms with E-state index in [-0.39, 0.29) is 6.42 Å². The largest absolute Gasteiger partial charge is 0.467 e. The number of halogens is 1. The summed E-state index contributed by atoms with van der Waals surface area (Å²) >= 11 is 3.15. The molecule has 0 N–H and O–H groups in total. The number of carbonyl (C=O) groups excluding carboxylic acids is 3. The molecule has 0 amide bonds. The molecule has 0 aromatic rings. The zero-order valence-electron chi connectivity index (χ0n) is 10.8. The summed E-state index contributed by atoms with van der Waals surface area (Å²) < 4.78 is 20.0. The lowest BCUT2D eigenvalue weighted by Crippen LogP contribution is -2.51. The summed E-state index contributed by atoms with van der Waals surface area (Å²) in [5.74, 6) is -1.65. The van der Waals surface area contributed by atoms with Gasteiger partial charge in [-0.2, -0.15) is 0 Å². The molecule has 1 aliphatic heterocycles. The van der Waals surface area contributed by atoms with E-state index in [0.29, 0.717) is 0 Å². The fraction of sp³-hybridized carbons (Fsp3) is 0.727. The molecule has 7 nitrogen and oxygen atoms in total. The SMILES string of the molecule is COC(=O)[C@@H]1CC(OC(C)=O)[C@@H](OC(C)=O)C(Br)O1. The molecule has 2 unspecified atom stereocenters. The molecule has 1 aliphatic rings. The number of methoxy groups -OCH3 is 1. The highest BCUT2D eigenvalue weighted by Gasteiger charge is 2.44. The van der Waals surface area contributed by atoms with Gasteiger partial charge in [0.25, 0.3) is 0 Å². The van der Waals surface area contributed by atoms with Crippen LogP contribution in [0.5, 0.6) is 0 Å². The predicted octanol–water partition coefficient (Wildman–Crippen LogP) is 0.533. The number of alkyl halides is 1. The molecule has 19 heavy (non-hydrogen) atoms. The van der Waals surface area contributed by atoms with E-state index in [9.17, 15) is 14.4 Å². The van der Waals surface area contributed by atoms with E-state index in [4.69, 9.17) is 14.2 Å². The Balaban J connectivity index is 2.83. The minimum atomic E-state index is -0.884. The van der Waals surface area contributed by atoms with E-state index in [1.54, 1.807) is 0 Å². The molecule has 108 valence electrons. The lowest BCUT2D eigenvalue weighted by atomic mass is 10.0. The summed E-state index contributed by atoms with van der Waals surface area (Å²) in [6, 6.07) is 0. The van der Waals surface area contributed by atoms with Crippen LogP contribution >= 0.6 is 15.9 Å². The Morgan fingerprint density at radius 1 is 1.16 bits per heavy atom. The molecular formula is C11H15BrO7. The van der Waals surface area contributed by atoms with E-state index in [1.807, 2.05) is 0 Å². The van der Waals surface area contributed by atoms with Gasteiger partial charge in [0, 0.05) is 20.3 Å². The van der Waals surface area contributed by atoms with Gasteiger partial charge in [-0.1, -0.05) is 15.9 Å². The van der Waals surface area contributed by atoms with Gasteiger partial charge in [-0.15, -0.1) is 0 Å². The first-order valence-electron chi connectivity index (χ1n) is 5.57. The second kappa shape index (κ2) is 6.85. The van der Waals surface area contributed by atoms with Crippen LogP contribution in [0.25, 0.3) is 0 Å². The van der Waals surface area contributed by atoms with Gasteiger partial charge < -0.3 is 18.9 Å². The van der Waals surface area contributed by atoms with Crippen LogP contribution < -0.4 is 0 Å². The van der Waals surface area contributed by atoms with Crippen molar-refractivity contribution in [2.75, 3.05) is 7.11 Å². The highest BCUT2D eigenvalue weighted by Crippen LogP contribution is 2.29. The van der Waals surface area contributed by atoms with Crippen molar-refractivity contribution in [2.45, 2.75) is 43.6 Å². The molecule has 1 fully saturated rings. The van der Waals surface area contributed by atoms with Crippen LogP contribution in [-0.4, -0.2) is 48.3 Å². The summed E-state index contributed by atoms with van der Waals surface area (Å²) in [6.07, 6.45) is -2.41. The van der Waals surface area contributed by atoms with Crippen LogP contribution in [0.2, 0.25) is 0 Å². The molecule has 0 bridgehead atoms. The molecule has 8 heteroatoms. The van der Waals surface area contributed by atoms with E-state index < -0.39 is 41.2 Å². The minimum absolute atomic E-state index is 0.0618. The van der Waals surface area contributed by atoms with Gasteiger partial charge in [-0.3, -0.25) is 9.59 Å². The van der Waals surface area contributed by atoms with E-state index >= 15 is 0 Å². The fourth-order valence-corrected chi connectivity index (χ4v) is 2.45. The first kappa shape index (κ1) is 15.9. The average Bonchev–Trinajstić information content (AvgIpc) is 2.31. The van der Waals surface area contributed by atoms with Crippen molar-refractivity contribution < 1.29 is 33.3 Å². The van der Waals surface area contributed by atoms with Crippen molar-refractivity contribution in [3.63, 3.8) is 0 Å². The van der Waals surface area contributed by atoms with Crippen molar-refractivity contribution >= 4 is 33.8 Å². The monoisotopic (exact) mass is 338 g/mol. The Bertz CT molecular complexity index is 370. The lowest BCUT2D eigenvalue weighted by molar-refractivity contribution is -0.198. The summed E-state index contributed by atoms with van der Waals surface area (Å²) in [4.78, 5) is 33.5. The van der Waals surface area contributed by atoms with Crippen LogP contribution in [0.15, 0.2) is 0 Å². The van der Waals surface area contributed by atoms with Crippen molar-refractivity contribution in [3.8, 4) is 0 Å². The number of esters is 3. The molecule has 0 radical (unpaired) electrons. The van der Waals surface area contributed by atoms with Crippen LogP contribution in [0.1, 0.15) is 20.3 Å². The highest BCUT2D eigenvalue weighted by molar-refractivity contribution is 9.09. The Hall–Kier alpha value is -1.15. The third-order valence-electron chi connectivity index (χ3n) is 2.45. The normalized spacial score (nSPS) is 30.3. The number of rotatable bonds is 3. The molecule has 0 aromatic heterocycles. The summed E-state index contributed by atoms with van der Waals surface area (Å²) in [7, 11) is 1.23. The highest BCUT2D eigenvalue weighted by atomic mass is 79.9. The maximum atomic E-state index is 11.5. The van der Waals surface area contributed by atoms with Crippen LogP contribution in [0.3, 0.4) is 0 Å². The number of hydrogen-bond donors (Lipinski definition) is 0. The average molecular weight is 339 g/mol. The predicted molar refractivity (Wildman–Crippen MR) is 65.3 cm³/mol. The zero-order chi connectivity index (χ0) is 14.6. The first-order chi connectivity index (χ1) is 8.85. The summed E-state index contributed by atoms with van der Waals surface area (Å²) in [6.45, 7) is 2.47. The van der Waals surface area contributed by atoms with Crippen LogP contribution in [0.4, 0.5) is 0 Å². The molecule has 4 atom stereocenters. The van der Waals surface area contributed by atoms with Gasteiger partial charge in [0.1, 0.15) is 6.10 Å². The second-order valence-corrected chi connectivity index (χ2v) is 4.86. The number of ether oxygens (including phenoxy) is 4. The summed E-state index contributed by atoms with van der Waals surface area (Å²) in [5, 5.41) is -0.765. The fourth-order valence-electron chi connectivity index (χ4n) is 1.74. The van der Waals surface area contributed by atoms with E-state index in [1.165, 1.54) is 21.0 Å². The Kier molecular flexibility index (Phi) is 5.74. The van der Waals surface area contributed by atoms with Crippen LogP contribution in [-0.2, 0) is 33.3 Å². The topological polar surface area (TPSA) is 88.1 Å². The van der Waals surface area contributed by atoms with Gasteiger partial charge >= 0.3 is 17.9 Å². The molecule has 0 aliphatic carbocycles. The first-order valence-corrected chi connectivity index (χ1v) is 6.48.